The molecule has 1 heterocycles. The maximum absolute atomic E-state index is 5.75. The van der Waals surface area contributed by atoms with Crippen LogP contribution in [0.4, 0.5) is 11.5 Å². The van der Waals surface area contributed by atoms with Crippen LogP contribution < -0.4 is 15.4 Å². The number of hydrogen-bond donors (Lipinski definition) is 1. The average molecular weight is 239 g/mol. The van der Waals surface area contributed by atoms with Gasteiger partial charge in [-0.3, -0.25) is 0 Å². The lowest BCUT2D eigenvalue weighted by molar-refractivity contribution is 0.203. The minimum absolute atomic E-state index is 0.339. The SMILES string of the molecule is COCCN(c1ccc(N)c(OC)n1)C(C)C. The molecule has 0 unspecified atom stereocenters. The number of pyridine rings is 1. The predicted molar refractivity (Wildman–Crippen MR) is 69.6 cm³/mol. The second kappa shape index (κ2) is 6.30. The van der Waals surface area contributed by atoms with Crippen LogP contribution in [0.5, 0.6) is 5.88 Å². The van der Waals surface area contributed by atoms with Crippen molar-refractivity contribution in [3.63, 3.8) is 0 Å². The van der Waals surface area contributed by atoms with E-state index in [1.165, 1.54) is 0 Å². The van der Waals surface area contributed by atoms with Crippen LogP contribution in [0, 0.1) is 0 Å². The smallest absolute Gasteiger partial charge is 0.238 e. The number of ether oxygens (including phenoxy) is 2. The molecule has 0 fully saturated rings. The summed E-state index contributed by atoms with van der Waals surface area (Å²) in [7, 11) is 3.26. The summed E-state index contributed by atoms with van der Waals surface area (Å²) in [4.78, 5) is 6.53. The summed E-state index contributed by atoms with van der Waals surface area (Å²) in [5.41, 5.74) is 6.29. The first-order chi connectivity index (χ1) is 8.10. The van der Waals surface area contributed by atoms with Crippen molar-refractivity contribution in [1.82, 2.24) is 4.98 Å². The molecule has 0 saturated carbocycles. The quantitative estimate of drug-likeness (QED) is 0.815. The minimum Gasteiger partial charge on any atom is -0.479 e. The molecule has 5 nitrogen and oxygen atoms in total. The lowest BCUT2D eigenvalue weighted by Crippen LogP contribution is -2.34. The fourth-order valence-corrected chi connectivity index (χ4v) is 1.59. The van der Waals surface area contributed by atoms with Crippen LogP contribution >= 0.6 is 0 Å². The van der Waals surface area contributed by atoms with E-state index in [0.29, 0.717) is 24.2 Å². The number of nitrogen functional groups attached to an aromatic ring is 1. The Bertz CT molecular complexity index is 356. The summed E-state index contributed by atoms with van der Waals surface area (Å²) in [6.07, 6.45) is 0. The van der Waals surface area contributed by atoms with E-state index in [2.05, 4.69) is 23.7 Å². The van der Waals surface area contributed by atoms with Crippen LogP contribution in [-0.2, 0) is 4.74 Å². The van der Waals surface area contributed by atoms with E-state index < -0.39 is 0 Å². The molecule has 0 bridgehead atoms. The van der Waals surface area contributed by atoms with E-state index >= 15 is 0 Å². The number of rotatable bonds is 6. The van der Waals surface area contributed by atoms with Gasteiger partial charge in [-0.05, 0) is 26.0 Å². The summed E-state index contributed by atoms with van der Waals surface area (Å²) in [5, 5.41) is 0. The Labute approximate surface area is 103 Å². The largest absolute Gasteiger partial charge is 0.479 e. The fourth-order valence-electron chi connectivity index (χ4n) is 1.59. The lowest BCUT2D eigenvalue weighted by atomic mass is 10.3. The summed E-state index contributed by atoms with van der Waals surface area (Å²) < 4.78 is 10.2. The van der Waals surface area contributed by atoms with E-state index in [1.807, 2.05) is 12.1 Å². The first kappa shape index (κ1) is 13.6. The van der Waals surface area contributed by atoms with Crippen molar-refractivity contribution < 1.29 is 9.47 Å². The summed E-state index contributed by atoms with van der Waals surface area (Å²) in [5.74, 6) is 1.31. The Morgan fingerprint density at radius 1 is 1.35 bits per heavy atom. The number of hydrogen-bond acceptors (Lipinski definition) is 5. The zero-order valence-electron chi connectivity index (χ0n) is 10.9. The third-order valence-corrected chi connectivity index (χ3v) is 2.52. The molecular formula is C12H21N3O2. The predicted octanol–water partition coefficient (Wildman–Crippen LogP) is 1.53. The molecule has 0 atom stereocenters. The van der Waals surface area contributed by atoms with Gasteiger partial charge in [-0.25, -0.2) is 0 Å². The van der Waals surface area contributed by atoms with Gasteiger partial charge in [0, 0.05) is 19.7 Å². The average Bonchev–Trinajstić information content (AvgIpc) is 2.31. The Hall–Kier alpha value is -1.49. The van der Waals surface area contributed by atoms with Gasteiger partial charge in [-0.1, -0.05) is 0 Å². The molecule has 5 heteroatoms. The molecule has 17 heavy (non-hydrogen) atoms. The van der Waals surface area contributed by atoms with Crippen LogP contribution in [0.25, 0.3) is 0 Å². The number of nitrogens with two attached hydrogens (primary N) is 1. The maximum atomic E-state index is 5.75. The fraction of sp³-hybridized carbons (Fsp3) is 0.583. The van der Waals surface area contributed by atoms with Gasteiger partial charge < -0.3 is 20.1 Å². The Morgan fingerprint density at radius 2 is 2.06 bits per heavy atom. The first-order valence-corrected chi connectivity index (χ1v) is 5.66. The van der Waals surface area contributed by atoms with Crippen LogP contribution in [0.15, 0.2) is 12.1 Å². The molecule has 0 aromatic carbocycles. The van der Waals surface area contributed by atoms with Crippen molar-refractivity contribution in [2.24, 2.45) is 0 Å². The molecule has 1 rings (SSSR count). The molecule has 0 amide bonds. The monoisotopic (exact) mass is 239 g/mol. The van der Waals surface area contributed by atoms with Gasteiger partial charge in [-0.2, -0.15) is 4.98 Å². The van der Waals surface area contributed by atoms with E-state index in [-0.39, 0.29) is 0 Å². The maximum Gasteiger partial charge on any atom is 0.238 e. The third kappa shape index (κ3) is 3.49. The van der Waals surface area contributed by atoms with Gasteiger partial charge in [0.2, 0.25) is 5.88 Å². The number of nitrogens with zero attached hydrogens (tertiary/aromatic N) is 2. The van der Waals surface area contributed by atoms with Gasteiger partial charge >= 0.3 is 0 Å². The van der Waals surface area contributed by atoms with E-state index in [1.54, 1.807) is 14.2 Å². The Morgan fingerprint density at radius 3 is 2.59 bits per heavy atom. The molecule has 1 aromatic rings. The summed E-state index contributed by atoms with van der Waals surface area (Å²) >= 11 is 0. The van der Waals surface area contributed by atoms with E-state index in [0.717, 1.165) is 12.4 Å². The normalized spacial score (nSPS) is 10.6. The van der Waals surface area contributed by atoms with Gasteiger partial charge in [0.25, 0.3) is 0 Å². The second-order valence-corrected chi connectivity index (χ2v) is 4.05. The van der Waals surface area contributed by atoms with Gasteiger partial charge in [0.05, 0.1) is 19.4 Å². The first-order valence-electron chi connectivity index (χ1n) is 5.66. The molecule has 0 saturated heterocycles. The van der Waals surface area contributed by atoms with Crippen LogP contribution in [-0.4, -0.2) is 38.4 Å². The van der Waals surface area contributed by atoms with Crippen molar-refractivity contribution in [2.45, 2.75) is 19.9 Å². The van der Waals surface area contributed by atoms with Crippen molar-refractivity contribution in [3.05, 3.63) is 12.1 Å². The number of aromatic nitrogens is 1. The van der Waals surface area contributed by atoms with Crippen molar-refractivity contribution in [2.75, 3.05) is 38.0 Å². The molecule has 0 radical (unpaired) electrons. The Kier molecular flexibility index (Phi) is 5.03. The highest BCUT2D eigenvalue weighted by Gasteiger charge is 2.13. The van der Waals surface area contributed by atoms with Crippen LogP contribution in [0.3, 0.4) is 0 Å². The van der Waals surface area contributed by atoms with E-state index in [9.17, 15) is 0 Å². The van der Waals surface area contributed by atoms with Gasteiger partial charge in [0.15, 0.2) is 0 Å². The van der Waals surface area contributed by atoms with Crippen LogP contribution in [0.2, 0.25) is 0 Å². The topological polar surface area (TPSA) is 60.6 Å². The van der Waals surface area contributed by atoms with Crippen molar-refractivity contribution >= 4 is 11.5 Å². The molecule has 1 aromatic heterocycles. The third-order valence-electron chi connectivity index (χ3n) is 2.52. The lowest BCUT2D eigenvalue weighted by Gasteiger charge is -2.27. The molecule has 0 aliphatic carbocycles. The Balaban J connectivity index is 2.93. The highest BCUT2D eigenvalue weighted by molar-refractivity contribution is 5.54. The van der Waals surface area contributed by atoms with Crippen molar-refractivity contribution in [1.29, 1.82) is 0 Å². The van der Waals surface area contributed by atoms with Gasteiger partial charge in [0.1, 0.15) is 5.82 Å². The molecular weight excluding hydrogens is 218 g/mol. The summed E-state index contributed by atoms with van der Waals surface area (Å²) in [6, 6.07) is 4.04. The molecule has 0 aliphatic rings. The molecule has 96 valence electrons. The highest BCUT2D eigenvalue weighted by Crippen LogP contribution is 2.23. The molecule has 2 N–H and O–H groups in total. The minimum atomic E-state index is 0.339. The van der Waals surface area contributed by atoms with E-state index in [4.69, 9.17) is 15.2 Å². The number of anilines is 2. The molecule has 0 spiro atoms. The van der Waals surface area contributed by atoms with Crippen molar-refractivity contribution in [3.8, 4) is 5.88 Å². The van der Waals surface area contributed by atoms with Crippen LogP contribution in [0.1, 0.15) is 13.8 Å². The highest BCUT2D eigenvalue weighted by atomic mass is 16.5. The number of methoxy groups -OCH3 is 2. The van der Waals surface area contributed by atoms with Gasteiger partial charge in [-0.15, -0.1) is 0 Å². The standard InChI is InChI=1S/C12H21N3O2/c1-9(2)15(7-8-16-3)11-6-5-10(13)12(14-11)17-4/h5-6,9H,7-8,13H2,1-4H3. The zero-order chi connectivity index (χ0) is 12.8. The summed E-state index contributed by atoms with van der Waals surface area (Å²) in [6.45, 7) is 5.67. The zero-order valence-corrected chi connectivity index (χ0v) is 10.9. The molecule has 0 aliphatic heterocycles. The second-order valence-electron chi connectivity index (χ2n) is 4.05.